The van der Waals surface area contributed by atoms with Crippen LogP contribution < -0.4 is 21.3 Å². The van der Waals surface area contributed by atoms with Gasteiger partial charge in [0, 0.05) is 92.5 Å². The summed E-state index contributed by atoms with van der Waals surface area (Å²) in [7, 11) is 1.59. The molecule has 404 valence electrons. The van der Waals surface area contributed by atoms with Gasteiger partial charge in [-0.25, -0.2) is 22.4 Å². The van der Waals surface area contributed by atoms with Crippen LogP contribution >= 0.6 is 0 Å². The van der Waals surface area contributed by atoms with E-state index in [0.29, 0.717) is 64.2 Å². The second-order valence-electron chi connectivity index (χ2n) is 22.3. The van der Waals surface area contributed by atoms with Crippen molar-refractivity contribution in [1.29, 1.82) is 0 Å². The zero-order chi connectivity index (χ0) is 53.1. The number of aliphatic hydroxyl groups excluding tert-OH is 1. The number of likely N-dealkylation sites (tertiary alicyclic amines) is 2. The van der Waals surface area contributed by atoms with E-state index in [-0.39, 0.29) is 90.3 Å². The number of benzene rings is 1. The number of anilines is 1. The minimum absolute atomic E-state index is 0.0674. The Morgan fingerprint density at radius 2 is 1.68 bits per heavy atom. The van der Waals surface area contributed by atoms with Crippen molar-refractivity contribution < 1.29 is 51.3 Å². The number of amides is 5. The summed E-state index contributed by atoms with van der Waals surface area (Å²) in [5.41, 5.74) is 5.20. The van der Waals surface area contributed by atoms with Crippen LogP contribution in [0.4, 0.5) is 28.2 Å². The Balaban J connectivity index is 0.741. The van der Waals surface area contributed by atoms with Crippen LogP contribution in [0.2, 0.25) is 0 Å². The average molecular weight is 1040 g/mol. The van der Waals surface area contributed by atoms with E-state index in [4.69, 9.17) is 15.2 Å². The molecule has 1 saturated carbocycles. The van der Waals surface area contributed by atoms with Crippen LogP contribution in [0.1, 0.15) is 102 Å². The van der Waals surface area contributed by atoms with Gasteiger partial charge in [-0.2, -0.15) is 5.10 Å². The topological polar surface area (TPSA) is 185 Å². The van der Waals surface area contributed by atoms with Gasteiger partial charge in [-0.05, 0) is 101 Å². The molecule has 4 saturated heterocycles. The average Bonchev–Trinajstić information content (AvgIpc) is 4.07. The first-order valence-corrected chi connectivity index (χ1v) is 26.9. The summed E-state index contributed by atoms with van der Waals surface area (Å²) < 4.78 is 79.5. The Morgan fingerprint density at radius 1 is 0.973 bits per heavy atom. The number of aryl methyl sites for hydroxylation is 1. The molecule has 5 amide bonds. The number of hydrogen-bond donors (Lipinski definition) is 4. The van der Waals surface area contributed by atoms with E-state index < -0.39 is 76.2 Å². The number of imide groups is 1. The van der Waals surface area contributed by atoms with Gasteiger partial charge in [-0.3, -0.25) is 29.3 Å². The van der Waals surface area contributed by atoms with Crippen molar-refractivity contribution in [2.45, 2.75) is 102 Å². The molecular formula is C56H70F4N8O7. The maximum Gasteiger partial charge on any atom is 0.329 e. The number of rotatable bonds is 13. The molecule has 5 fully saturated rings. The molecule has 8 aliphatic rings. The van der Waals surface area contributed by atoms with Gasteiger partial charge < -0.3 is 35.4 Å². The Bertz CT molecular complexity index is 2720. The highest BCUT2D eigenvalue weighted by Gasteiger charge is 2.64. The summed E-state index contributed by atoms with van der Waals surface area (Å²) in [4.78, 5) is 57.1. The molecule has 75 heavy (non-hydrogen) atoms. The van der Waals surface area contributed by atoms with Crippen LogP contribution in [0.3, 0.4) is 0 Å². The van der Waals surface area contributed by atoms with E-state index >= 15 is 17.6 Å². The molecule has 0 radical (unpaired) electrons. The Morgan fingerprint density at radius 3 is 2.35 bits per heavy atom. The molecule has 8 unspecified atom stereocenters. The largest absolute Gasteiger partial charge is 0.488 e. The highest BCUT2D eigenvalue weighted by molar-refractivity contribution is 6.06. The standard InChI is InChI=1S/C56H70F4N8O7/c1-31-40(57)29-43-46(55(31,3)47-38(51(61)71)14-15-42(48(47)59)74-27-26-69)32(2)56(75-43,35-8-6-5-7-9-35)30-62-36-12-10-34(11-13-36)53(72)67-23-18-37(19-24-67)66-21-16-33(17-22-66)45-41(58)28-39-50(49(45)60)65(4)64-52(39)68-25-20-44(70)63-54(68)73/h5-9,14-15,28-29,32-34,36-38,45-47,49,62,69H,10-13,16-27,30H2,1-4H3,(H2,61,71)(H,63,70,73). The monoisotopic (exact) mass is 1040 g/mol. The van der Waals surface area contributed by atoms with E-state index in [9.17, 15) is 24.3 Å². The van der Waals surface area contributed by atoms with E-state index in [0.717, 1.165) is 31.2 Å². The van der Waals surface area contributed by atoms with Crippen molar-refractivity contribution in [2.24, 2.45) is 59.6 Å². The van der Waals surface area contributed by atoms with Crippen LogP contribution in [0.25, 0.3) is 6.08 Å². The third-order valence-corrected chi connectivity index (χ3v) is 18.5. The fraction of sp³-hybridized carbons (Fsp3) is 0.589. The lowest BCUT2D eigenvalue weighted by molar-refractivity contribution is -0.138. The van der Waals surface area contributed by atoms with Crippen molar-refractivity contribution in [3.63, 3.8) is 0 Å². The number of primary amides is 1. The van der Waals surface area contributed by atoms with Crippen molar-refractivity contribution in [3.8, 4) is 0 Å². The highest BCUT2D eigenvalue weighted by atomic mass is 19.1. The molecule has 10 rings (SSSR count). The fourth-order valence-electron chi connectivity index (χ4n) is 14.3. The smallest absolute Gasteiger partial charge is 0.329 e. The number of aromatic nitrogens is 2. The first-order valence-electron chi connectivity index (χ1n) is 26.9. The van der Waals surface area contributed by atoms with Crippen LogP contribution in [-0.2, 0) is 36.5 Å². The molecule has 15 nitrogen and oxygen atoms in total. The second kappa shape index (κ2) is 21.0. The van der Waals surface area contributed by atoms with Gasteiger partial charge in [0.05, 0.1) is 24.1 Å². The van der Waals surface area contributed by atoms with Crippen LogP contribution in [0, 0.1) is 46.8 Å². The Labute approximate surface area is 435 Å². The number of hydrogen-bond acceptors (Lipinski definition) is 10. The van der Waals surface area contributed by atoms with E-state index in [1.807, 2.05) is 42.2 Å². The van der Waals surface area contributed by atoms with E-state index in [1.54, 1.807) is 20.9 Å². The molecule has 5 N–H and O–H groups in total. The molecule has 4 aliphatic carbocycles. The summed E-state index contributed by atoms with van der Waals surface area (Å²) in [6, 6.07) is 9.42. The van der Waals surface area contributed by atoms with Gasteiger partial charge >= 0.3 is 6.03 Å². The van der Waals surface area contributed by atoms with Crippen molar-refractivity contribution in [1.82, 2.24) is 30.2 Å². The third kappa shape index (κ3) is 9.31. The van der Waals surface area contributed by atoms with Gasteiger partial charge in [0.15, 0.2) is 17.7 Å². The molecule has 4 aliphatic heterocycles. The number of nitrogens with one attached hydrogen (secondary N) is 2. The number of piperidine rings is 2. The summed E-state index contributed by atoms with van der Waals surface area (Å²) in [5, 5.41) is 19.9. The van der Waals surface area contributed by atoms with Gasteiger partial charge in [0.1, 0.15) is 35.4 Å². The van der Waals surface area contributed by atoms with Crippen LogP contribution in [0.5, 0.6) is 0 Å². The number of ether oxygens (including phenoxy) is 2. The number of allylic oxidation sites excluding steroid dienone is 7. The molecule has 8 atom stereocenters. The first-order chi connectivity index (χ1) is 36.0. The molecule has 0 bridgehead atoms. The van der Waals surface area contributed by atoms with Gasteiger partial charge in [-0.1, -0.05) is 50.3 Å². The molecule has 19 heteroatoms. The molecule has 0 spiro atoms. The number of aliphatic hydroxyl groups is 1. The fourth-order valence-corrected chi connectivity index (χ4v) is 14.3. The predicted octanol–water partition coefficient (Wildman–Crippen LogP) is 7.47. The van der Waals surface area contributed by atoms with Gasteiger partial charge in [-0.15, -0.1) is 0 Å². The quantitative estimate of drug-likeness (QED) is 0.147. The van der Waals surface area contributed by atoms with Crippen molar-refractivity contribution in [2.75, 3.05) is 57.4 Å². The Hall–Kier alpha value is -5.79. The lowest BCUT2D eigenvalue weighted by Crippen LogP contribution is -2.52. The zero-order valence-electron chi connectivity index (χ0n) is 43.2. The number of nitrogens with zero attached hydrogens (tertiary/aromatic N) is 5. The maximum atomic E-state index is 16.9. The number of carbonyl (C=O) groups excluding carboxylic acids is 4. The molecular weight excluding hydrogens is 973 g/mol. The van der Waals surface area contributed by atoms with Crippen LogP contribution in [-0.4, -0.2) is 113 Å². The summed E-state index contributed by atoms with van der Waals surface area (Å²) in [6.07, 6.45) is 9.86. The van der Waals surface area contributed by atoms with E-state index in [1.165, 1.54) is 33.9 Å². The minimum Gasteiger partial charge on any atom is -0.488 e. The number of carbonyl (C=O) groups is 4. The maximum absolute atomic E-state index is 16.9. The SMILES string of the molecule is CC1=C(F)C=C2OC(CNC3CCC(C(=O)N4CCC(N5CCC(C6C(F)=Cc7c(N8CCC(=O)NC8=O)nn(C)c7C6F)CC5)CC4)CC3)(c3ccccc3)C(C)C2C1(C)C1C(F)=C(OCCO)C=CC1C(N)=O. The summed E-state index contributed by atoms with van der Waals surface area (Å²) in [5.74, 6) is -7.04. The number of fused-ring (bicyclic) bond motifs is 2. The number of alkyl halides is 1. The molecule has 1 aromatic heterocycles. The van der Waals surface area contributed by atoms with Gasteiger partial charge in [0.25, 0.3) is 0 Å². The normalized spacial score (nSPS) is 32.9. The van der Waals surface area contributed by atoms with E-state index in [2.05, 4.69) is 20.6 Å². The predicted molar refractivity (Wildman–Crippen MR) is 271 cm³/mol. The number of halogens is 4. The van der Waals surface area contributed by atoms with Crippen LogP contribution in [0.15, 0.2) is 83.1 Å². The molecule has 5 heterocycles. The Kier molecular flexibility index (Phi) is 14.7. The summed E-state index contributed by atoms with van der Waals surface area (Å²) >= 11 is 0. The number of nitrogens with two attached hydrogens (primary N) is 1. The van der Waals surface area contributed by atoms with Crippen molar-refractivity contribution in [3.05, 3.63) is 100.0 Å². The molecule has 1 aromatic carbocycles. The zero-order valence-corrected chi connectivity index (χ0v) is 43.2. The van der Waals surface area contributed by atoms with Gasteiger partial charge in [0.2, 0.25) is 17.7 Å². The number of urea groups is 1. The third-order valence-electron chi connectivity index (χ3n) is 18.5. The first kappa shape index (κ1) is 52.6. The van der Waals surface area contributed by atoms with Crippen molar-refractivity contribution >= 4 is 35.6 Å². The summed E-state index contributed by atoms with van der Waals surface area (Å²) in [6.45, 7) is 8.06. The lowest BCUT2D eigenvalue weighted by Gasteiger charge is -2.48. The lowest BCUT2D eigenvalue weighted by atomic mass is 9.53. The minimum atomic E-state index is -1.64. The molecule has 2 aromatic rings. The highest BCUT2D eigenvalue weighted by Crippen LogP contribution is 2.65. The second-order valence-corrected chi connectivity index (χ2v) is 22.3.